The molecule has 0 fully saturated rings. The van der Waals surface area contributed by atoms with Crippen molar-refractivity contribution in [1.29, 1.82) is 0 Å². The van der Waals surface area contributed by atoms with Crippen molar-refractivity contribution in [2.45, 2.75) is 0 Å². The molecule has 0 aliphatic carbocycles. The molecule has 0 aliphatic rings. The first-order valence-corrected chi connectivity index (χ1v) is 4.29. The molecule has 1 aromatic carbocycles. The van der Waals surface area contributed by atoms with Crippen molar-refractivity contribution in [3.63, 3.8) is 0 Å². The van der Waals surface area contributed by atoms with Gasteiger partial charge in [-0.3, -0.25) is 0 Å². The predicted octanol–water partition coefficient (Wildman–Crippen LogP) is 2.40. The highest BCUT2D eigenvalue weighted by Gasteiger charge is 2.07. The first kappa shape index (κ1) is 9.02. The van der Waals surface area contributed by atoms with E-state index in [9.17, 15) is 0 Å². The smallest absolute Gasteiger partial charge is 0.247 e. The fourth-order valence-electron chi connectivity index (χ4n) is 1.09. The number of nitrogens with zero attached hydrogens (tertiary/aromatic N) is 2. The van der Waals surface area contributed by atoms with E-state index in [1.54, 1.807) is 25.3 Å². The fraction of sp³-hybridized carbons (Fsp3) is 0.111. The normalized spacial score (nSPS) is 10.1. The van der Waals surface area contributed by atoms with Crippen LogP contribution >= 0.6 is 11.6 Å². The van der Waals surface area contributed by atoms with Crippen molar-refractivity contribution in [2.75, 3.05) is 7.11 Å². The summed E-state index contributed by atoms with van der Waals surface area (Å²) < 4.78 is 10.1. The number of hydrogen-bond acceptors (Lipinski definition) is 4. The number of methoxy groups -OCH3 is 1. The number of rotatable bonds is 2. The number of ether oxygens (including phenoxy) is 1. The van der Waals surface area contributed by atoms with Crippen LogP contribution in [0.1, 0.15) is 0 Å². The third kappa shape index (κ3) is 1.56. The molecule has 0 unspecified atom stereocenters. The van der Waals surface area contributed by atoms with Gasteiger partial charge in [0.05, 0.1) is 12.1 Å². The van der Waals surface area contributed by atoms with E-state index in [1.165, 1.54) is 6.39 Å². The molecule has 0 atom stereocenters. The Kier molecular flexibility index (Phi) is 2.37. The lowest BCUT2D eigenvalue weighted by molar-refractivity contribution is 0.415. The predicted molar refractivity (Wildman–Crippen MR) is 51.3 cm³/mol. The van der Waals surface area contributed by atoms with Crippen molar-refractivity contribution in [3.8, 4) is 17.2 Å². The molecule has 0 saturated carbocycles. The first-order valence-electron chi connectivity index (χ1n) is 3.91. The Morgan fingerprint density at radius 1 is 1.43 bits per heavy atom. The SMILES string of the molecule is COc1cc(-c2nnco2)ccc1Cl. The van der Waals surface area contributed by atoms with Gasteiger partial charge in [0.2, 0.25) is 12.3 Å². The number of aromatic nitrogens is 2. The lowest BCUT2D eigenvalue weighted by Gasteiger charge is -2.03. The van der Waals surface area contributed by atoms with Crippen molar-refractivity contribution >= 4 is 11.6 Å². The number of halogens is 1. The topological polar surface area (TPSA) is 48.2 Å². The standard InChI is InChI=1S/C9H7ClN2O2/c1-13-8-4-6(2-3-7(8)10)9-12-11-5-14-9/h2-5H,1H3. The maximum Gasteiger partial charge on any atom is 0.247 e. The van der Waals surface area contributed by atoms with Gasteiger partial charge in [0.15, 0.2) is 0 Å². The molecule has 14 heavy (non-hydrogen) atoms. The zero-order chi connectivity index (χ0) is 9.97. The molecular weight excluding hydrogens is 204 g/mol. The maximum atomic E-state index is 5.87. The van der Waals surface area contributed by atoms with Gasteiger partial charge in [-0.15, -0.1) is 10.2 Å². The summed E-state index contributed by atoms with van der Waals surface area (Å²) in [4.78, 5) is 0. The molecule has 4 nitrogen and oxygen atoms in total. The molecule has 0 bridgehead atoms. The van der Waals surface area contributed by atoms with Crippen LogP contribution in [0.2, 0.25) is 5.02 Å². The summed E-state index contributed by atoms with van der Waals surface area (Å²) in [7, 11) is 1.55. The van der Waals surface area contributed by atoms with E-state index in [0.29, 0.717) is 16.7 Å². The second-order valence-corrected chi connectivity index (χ2v) is 3.00. The minimum absolute atomic E-state index is 0.444. The van der Waals surface area contributed by atoms with E-state index in [4.69, 9.17) is 20.8 Å². The van der Waals surface area contributed by atoms with Gasteiger partial charge in [-0.2, -0.15) is 0 Å². The van der Waals surface area contributed by atoms with Gasteiger partial charge in [-0.1, -0.05) is 11.6 Å². The fourth-order valence-corrected chi connectivity index (χ4v) is 1.29. The average Bonchev–Trinajstić information content (AvgIpc) is 2.71. The Hall–Kier alpha value is -1.55. The molecule has 2 aromatic rings. The van der Waals surface area contributed by atoms with Crippen LogP contribution in [-0.4, -0.2) is 17.3 Å². The van der Waals surface area contributed by atoms with Gasteiger partial charge in [0, 0.05) is 5.56 Å². The summed E-state index contributed by atoms with van der Waals surface area (Å²) in [5.41, 5.74) is 0.781. The molecule has 1 aromatic heterocycles. The van der Waals surface area contributed by atoms with E-state index < -0.39 is 0 Å². The third-order valence-corrected chi connectivity index (χ3v) is 2.07. The molecule has 0 radical (unpaired) electrons. The van der Waals surface area contributed by atoms with Gasteiger partial charge in [0.1, 0.15) is 5.75 Å². The van der Waals surface area contributed by atoms with E-state index in [1.807, 2.05) is 0 Å². The highest BCUT2D eigenvalue weighted by Crippen LogP contribution is 2.29. The Morgan fingerprint density at radius 2 is 2.29 bits per heavy atom. The van der Waals surface area contributed by atoms with Gasteiger partial charge >= 0.3 is 0 Å². The molecular formula is C9H7ClN2O2. The van der Waals surface area contributed by atoms with Crippen LogP contribution in [0.5, 0.6) is 5.75 Å². The van der Waals surface area contributed by atoms with Crippen LogP contribution in [0, 0.1) is 0 Å². The highest BCUT2D eigenvalue weighted by molar-refractivity contribution is 6.32. The summed E-state index contributed by atoms with van der Waals surface area (Å²) in [5.74, 6) is 1.03. The molecule has 72 valence electrons. The summed E-state index contributed by atoms with van der Waals surface area (Å²) >= 11 is 5.87. The quantitative estimate of drug-likeness (QED) is 0.764. The maximum absolute atomic E-state index is 5.87. The van der Waals surface area contributed by atoms with Gasteiger partial charge in [-0.25, -0.2) is 0 Å². The van der Waals surface area contributed by atoms with E-state index >= 15 is 0 Å². The first-order chi connectivity index (χ1) is 6.81. The minimum atomic E-state index is 0.444. The van der Waals surface area contributed by atoms with Crippen molar-refractivity contribution in [1.82, 2.24) is 10.2 Å². The largest absolute Gasteiger partial charge is 0.495 e. The Bertz CT molecular complexity index is 428. The summed E-state index contributed by atoms with van der Waals surface area (Å²) in [6, 6.07) is 5.26. The molecule has 0 aliphatic heterocycles. The number of benzene rings is 1. The van der Waals surface area contributed by atoms with Crippen LogP contribution in [-0.2, 0) is 0 Å². The molecule has 0 spiro atoms. The zero-order valence-corrected chi connectivity index (χ0v) is 8.15. The monoisotopic (exact) mass is 210 g/mol. The second-order valence-electron chi connectivity index (χ2n) is 2.59. The Balaban J connectivity index is 2.46. The van der Waals surface area contributed by atoms with E-state index in [2.05, 4.69) is 10.2 Å². The van der Waals surface area contributed by atoms with Crippen LogP contribution in [0.15, 0.2) is 29.0 Å². The van der Waals surface area contributed by atoms with E-state index in [0.717, 1.165) is 5.56 Å². The summed E-state index contributed by atoms with van der Waals surface area (Å²) in [6.07, 6.45) is 1.27. The minimum Gasteiger partial charge on any atom is -0.495 e. The Labute approximate surface area is 85.5 Å². The van der Waals surface area contributed by atoms with E-state index in [-0.39, 0.29) is 0 Å². The molecule has 0 N–H and O–H groups in total. The third-order valence-electron chi connectivity index (χ3n) is 1.76. The molecule has 0 saturated heterocycles. The van der Waals surface area contributed by atoms with Gasteiger partial charge in [-0.05, 0) is 18.2 Å². The molecule has 5 heteroatoms. The molecule has 1 heterocycles. The van der Waals surface area contributed by atoms with Crippen LogP contribution in [0.25, 0.3) is 11.5 Å². The lowest BCUT2D eigenvalue weighted by Crippen LogP contribution is -1.85. The molecule has 2 rings (SSSR count). The lowest BCUT2D eigenvalue weighted by atomic mass is 10.2. The summed E-state index contributed by atoms with van der Waals surface area (Å²) in [5, 5.41) is 7.91. The molecule has 0 amide bonds. The van der Waals surface area contributed by atoms with Crippen molar-refractivity contribution in [3.05, 3.63) is 29.6 Å². The average molecular weight is 211 g/mol. The van der Waals surface area contributed by atoms with Crippen LogP contribution in [0.3, 0.4) is 0 Å². The summed E-state index contributed by atoms with van der Waals surface area (Å²) in [6.45, 7) is 0. The Morgan fingerprint density at radius 3 is 2.93 bits per heavy atom. The van der Waals surface area contributed by atoms with Gasteiger partial charge in [0.25, 0.3) is 0 Å². The van der Waals surface area contributed by atoms with Crippen molar-refractivity contribution < 1.29 is 9.15 Å². The van der Waals surface area contributed by atoms with Crippen molar-refractivity contribution in [2.24, 2.45) is 0 Å². The van der Waals surface area contributed by atoms with Gasteiger partial charge < -0.3 is 9.15 Å². The zero-order valence-electron chi connectivity index (χ0n) is 7.40. The van der Waals surface area contributed by atoms with Crippen LogP contribution < -0.4 is 4.74 Å². The van der Waals surface area contributed by atoms with Crippen LogP contribution in [0.4, 0.5) is 0 Å². The second kappa shape index (κ2) is 3.67. The highest BCUT2D eigenvalue weighted by atomic mass is 35.5. The number of hydrogen-bond donors (Lipinski definition) is 0.